The van der Waals surface area contributed by atoms with E-state index in [0.717, 1.165) is 11.0 Å². The summed E-state index contributed by atoms with van der Waals surface area (Å²) in [6.07, 6.45) is 0. The van der Waals surface area contributed by atoms with Gasteiger partial charge in [0.1, 0.15) is 0 Å². The Morgan fingerprint density at radius 1 is 1.54 bits per heavy atom. The molecule has 2 aromatic rings. The van der Waals surface area contributed by atoms with Gasteiger partial charge in [-0.2, -0.15) is 0 Å². The lowest BCUT2D eigenvalue weighted by molar-refractivity contribution is 0.108. The molecule has 0 radical (unpaired) electrons. The van der Waals surface area contributed by atoms with Gasteiger partial charge >= 0.3 is 0 Å². The van der Waals surface area contributed by atoms with Crippen LogP contribution in [-0.4, -0.2) is 15.2 Å². The molecule has 3 nitrogen and oxygen atoms in total. The van der Waals surface area contributed by atoms with E-state index in [9.17, 15) is 4.79 Å². The predicted molar refractivity (Wildman–Crippen MR) is 54.0 cm³/mol. The van der Waals surface area contributed by atoms with Gasteiger partial charge in [0.25, 0.3) is 5.24 Å². The lowest BCUT2D eigenvalue weighted by Crippen LogP contribution is -1.87. The molecular weight excluding hydrogens is 255 g/mol. The van der Waals surface area contributed by atoms with Crippen molar-refractivity contribution in [3.63, 3.8) is 0 Å². The van der Waals surface area contributed by atoms with Crippen LogP contribution in [0.1, 0.15) is 10.4 Å². The number of carbonyl (C=O) groups is 1. The summed E-state index contributed by atoms with van der Waals surface area (Å²) in [5, 5.41) is -0.465. The largest absolute Gasteiger partial charge is 0.332 e. The molecule has 0 saturated heterocycles. The zero-order chi connectivity index (χ0) is 9.42. The van der Waals surface area contributed by atoms with Crippen molar-refractivity contribution in [1.82, 2.24) is 9.97 Å². The third-order valence-electron chi connectivity index (χ3n) is 1.68. The molecule has 0 amide bonds. The summed E-state index contributed by atoms with van der Waals surface area (Å²) < 4.78 is 0.640. The first-order chi connectivity index (χ1) is 6.16. The van der Waals surface area contributed by atoms with Gasteiger partial charge in [0.2, 0.25) is 0 Å². The third kappa shape index (κ3) is 1.59. The number of imidazole rings is 1. The molecule has 0 aliphatic rings. The summed E-state index contributed by atoms with van der Waals surface area (Å²) in [6, 6.07) is 5.06. The van der Waals surface area contributed by atoms with Crippen molar-refractivity contribution >= 4 is 43.8 Å². The standard InChI is InChI=1S/C8H4BrClN2O/c9-8-11-5-2-1-4(7(10)13)3-6(5)12-8/h1-3H,(H,11,12). The van der Waals surface area contributed by atoms with Gasteiger partial charge in [0.05, 0.1) is 11.0 Å². The highest BCUT2D eigenvalue weighted by atomic mass is 79.9. The maximum Gasteiger partial charge on any atom is 0.252 e. The monoisotopic (exact) mass is 258 g/mol. The van der Waals surface area contributed by atoms with Gasteiger partial charge in [-0.25, -0.2) is 4.98 Å². The summed E-state index contributed by atoms with van der Waals surface area (Å²) in [4.78, 5) is 17.9. The van der Waals surface area contributed by atoms with Crippen molar-refractivity contribution < 1.29 is 4.79 Å². The Balaban J connectivity index is 2.67. The predicted octanol–water partition coefficient (Wildman–Crippen LogP) is 2.70. The molecule has 1 heterocycles. The van der Waals surface area contributed by atoms with E-state index in [4.69, 9.17) is 11.6 Å². The van der Waals surface area contributed by atoms with E-state index >= 15 is 0 Å². The summed E-state index contributed by atoms with van der Waals surface area (Å²) in [6.45, 7) is 0. The van der Waals surface area contributed by atoms with Gasteiger partial charge in [0.15, 0.2) is 4.73 Å². The van der Waals surface area contributed by atoms with Crippen molar-refractivity contribution in [2.45, 2.75) is 0 Å². The minimum Gasteiger partial charge on any atom is -0.332 e. The van der Waals surface area contributed by atoms with Gasteiger partial charge in [-0.3, -0.25) is 4.79 Å². The normalized spacial score (nSPS) is 10.6. The lowest BCUT2D eigenvalue weighted by Gasteiger charge is -1.91. The van der Waals surface area contributed by atoms with E-state index < -0.39 is 5.24 Å². The van der Waals surface area contributed by atoms with Crippen LogP contribution in [0.5, 0.6) is 0 Å². The number of nitrogens with zero attached hydrogens (tertiary/aromatic N) is 1. The zero-order valence-electron chi connectivity index (χ0n) is 6.34. The SMILES string of the molecule is O=C(Cl)c1ccc2nc(Br)[nH]c2c1. The first-order valence-corrected chi connectivity index (χ1v) is 4.69. The van der Waals surface area contributed by atoms with Crippen molar-refractivity contribution in [3.8, 4) is 0 Å². The molecule has 5 heteroatoms. The second-order valence-corrected chi connectivity index (χ2v) is 3.63. The number of aromatic nitrogens is 2. The topological polar surface area (TPSA) is 45.8 Å². The summed E-state index contributed by atoms with van der Waals surface area (Å²) in [5.41, 5.74) is 2.05. The number of carbonyl (C=O) groups excluding carboxylic acids is 1. The first kappa shape index (κ1) is 8.72. The smallest absolute Gasteiger partial charge is 0.252 e. The van der Waals surface area contributed by atoms with E-state index in [1.54, 1.807) is 18.2 Å². The van der Waals surface area contributed by atoms with Gasteiger partial charge in [-0.05, 0) is 45.7 Å². The molecule has 0 unspecified atom stereocenters. The second-order valence-electron chi connectivity index (χ2n) is 2.53. The summed E-state index contributed by atoms with van der Waals surface area (Å²) in [5.74, 6) is 0. The highest BCUT2D eigenvalue weighted by molar-refractivity contribution is 9.10. The molecular formula is C8H4BrClN2O. The second kappa shape index (κ2) is 3.12. The van der Waals surface area contributed by atoms with Crippen LogP contribution < -0.4 is 0 Å². The van der Waals surface area contributed by atoms with Crippen LogP contribution in [0.15, 0.2) is 22.9 Å². The van der Waals surface area contributed by atoms with Crippen LogP contribution in [0.2, 0.25) is 0 Å². The number of nitrogens with one attached hydrogen (secondary N) is 1. The van der Waals surface area contributed by atoms with Crippen molar-refractivity contribution in [2.24, 2.45) is 0 Å². The van der Waals surface area contributed by atoms with Crippen LogP contribution in [-0.2, 0) is 0 Å². The lowest BCUT2D eigenvalue weighted by atomic mass is 10.2. The highest BCUT2D eigenvalue weighted by Gasteiger charge is 2.05. The van der Waals surface area contributed by atoms with E-state index in [-0.39, 0.29) is 0 Å². The minimum absolute atomic E-state index is 0.463. The number of halogens is 2. The number of aromatic amines is 1. The van der Waals surface area contributed by atoms with Crippen LogP contribution in [0.25, 0.3) is 11.0 Å². The fourth-order valence-electron chi connectivity index (χ4n) is 1.10. The number of benzene rings is 1. The molecule has 0 saturated carbocycles. The maximum atomic E-state index is 10.8. The van der Waals surface area contributed by atoms with E-state index in [2.05, 4.69) is 25.9 Å². The fraction of sp³-hybridized carbons (Fsp3) is 0. The molecule has 2 rings (SSSR count). The Bertz CT molecular complexity index is 480. The molecule has 1 N–H and O–H groups in total. The van der Waals surface area contributed by atoms with Crippen LogP contribution in [0.4, 0.5) is 0 Å². The molecule has 0 spiro atoms. The average Bonchev–Trinajstić information content (AvgIpc) is 2.42. The summed E-state index contributed by atoms with van der Waals surface area (Å²) >= 11 is 8.53. The van der Waals surface area contributed by atoms with Crippen LogP contribution in [0, 0.1) is 0 Å². The fourth-order valence-corrected chi connectivity index (χ4v) is 1.62. The molecule has 0 bridgehead atoms. The number of fused-ring (bicyclic) bond motifs is 1. The number of rotatable bonds is 1. The summed E-state index contributed by atoms with van der Waals surface area (Å²) in [7, 11) is 0. The molecule has 1 aromatic carbocycles. The first-order valence-electron chi connectivity index (χ1n) is 3.52. The van der Waals surface area contributed by atoms with Gasteiger partial charge in [0, 0.05) is 5.56 Å². The molecule has 0 aliphatic carbocycles. The number of H-pyrrole nitrogens is 1. The van der Waals surface area contributed by atoms with Gasteiger partial charge in [-0.1, -0.05) is 0 Å². The number of hydrogen-bond donors (Lipinski definition) is 1. The van der Waals surface area contributed by atoms with Gasteiger partial charge < -0.3 is 4.98 Å². The van der Waals surface area contributed by atoms with Gasteiger partial charge in [-0.15, -0.1) is 0 Å². The van der Waals surface area contributed by atoms with Crippen molar-refractivity contribution in [2.75, 3.05) is 0 Å². The van der Waals surface area contributed by atoms with Crippen molar-refractivity contribution in [3.05, 3.63) is 28.5 Å². The van der Waals surface area contributed by atoms with Crippen LogP contribution in [0.3, 0.4) is 0 Å². The van der Waals surface area contributed by atoms with E-state index in [1.165, 1.54) is 0 Å². The third-order valence-corrected chi connectivity index (χ3v) is 2.27. The molecule has 0 atom stereocenters. The Hall–Kier alpha value is -0.870. The average molecular weight is 259 g/mol. The Morgan fingerprint density at radius 3 is 3.00 bits per heavy atom. The Kier molecular flexibility index (Phi) is 2.09. The molecule has 13 heavy (non-hydrogen) atoms. The Labute approximate surface area is 87.2 Å². The highest BCUT2D eigenvalue weighted by Crippen LogP contribution is 2.17. The van der Waals surface area contributed by atoms with Crippen molar-refractivity contribution in [1.29, 1.82) is 0 Å². The molecule has 1 aromatic heterocycles. The maximum absolute atomic E-state index is 10.8. The molecule has 0 aliphatic heterocycles. The van der Waals surface area contributed by atoms with E-state index in [1.807, 2.05) is 0 Å². The van der Waals surface area contributed by atoms with E-state index in [0.29, 0.717) is 10.3 Å². The molecule has 66 valence electrons. The Morgan fingerprint density at radius 2 is 2.31 bits per heavy atom. The zero-order valence-corrected chi connectivity index (χ0v) is 8.69. The molecule has 0 fully saturated rings. The quantitative estimate of drug-likeness (QED) is 0.800. The van der Waals surface area contributed by atoms with Crippen LogP contribution >= 0.6 is 27.5 Å². The minimum atomic E-state index is -0.465. The number of hydrogen-bond acceptors (Lipinski definition) is 2.